The fourth-order valence-corrected chi connectivity index (χ4v) is 25.8. The molecular weight excluding hydrogens is 1680 g/mol. The van der Waals surface area contributed by atoms with Crippen molar-refractivity contribution in [1.82, 2.24) is 29.9 Å². The summed E-state index contributed by atoms with van der Waals surface area (Å²) in [6.07, 6.45) is 5.32. The van der Waals surface area contributed by atoms with Crippen LogP contribution in [0.3, 0.4) is 0 Å². The maximum atomic E-state index is 6.59. The van der Waals surface area contributed by atoms with Crippen LogP contribution in [0, 0.1) is 0 Å². The summed E-state index contributed by atoms with van der Waals surface area (Å²) in [4.78, 5) is 36.5. The van der Waals surface area contributed by atoms with Crippen molar-refractivity contribution in [3.63, 3.8) is 0 Å². The zero-order valence-electron chi connectivity index (χ0n) is 74.6. The Labute approximate surface area is 786 Å². The number of furan rings is 1. The third kappa shape index (κ3) is 11.3. The van der Waals surface area contributed by atoms with Gasteiger partial charge in [0.25, 0.3) is 0 Å². The van der Waals surface area contributed by atoms with Gasteiger partial charge in [-0.1, -0.05) is 296 Å². The number of thiophene rings is 2. The number of hydrogen-bond donors (Lipinski definition) is 0. The molecule has 6 aliphatic rings. The highest BCUT2D eigenvalue weighted by molar-refractivity contribution is 7.26. The van der Waals surface area contributed by atoms with Gasteiger partial charge in [-0.3, -0.25) is 9.80 Å². The summed E-state index contributed by atoms with van der Waals surface area (Å²) in [6.45, 7) is 14.1. The van der Waals surface area contributed by atoms with Gasteiger partial charge in [0.15, 0.2) is 5.82 Å². The fraction of sp³-hybridized carbons (Fsp3) is 0.0732. The minimum atomic E-state index is -0.154. The van der Waals surface area contributed by atoms with Gasteiger partial charge in [-0.25, -0.2) is 29.9 Å². The Hall–Kier alpha value is -16.4. The largest absolute Gasteiger partial charge is 0.455 e. The lowest BCUT2D eigenvalue weighted by atomic mass is 9.82. The highest BCUT2D eigenvalue weighted by Gasteiger charge is 2.44. The molecule has 0 unspecified atom stereocenters. The maximum Gasteiger partial charge on any atom is 0.160 e. The molecule has 135 heavy (non-hydrogen) atoms. The quantitative estimate of drug-likeness (QED) is 0.160. The van der Waals surface area contributed by atoms with Crippen LogP contribution in [0.1, 0.15) is 74.9 Å². The van der Waals surface area contributed by atoms with E-state index in [4.69, 9.17) is 29.3 Å². The minimum absolute atomic E-state index is 0.0817. The lowest BCUT2D eigenvalue weighted by Crippen LogP contribution is -2.18. The Kier molecular flexibility index (Phi) is 16.5. The second-order valence-electron chi connectivity index (χ2n) is 37.9. The first kappa shape index (κ1) is 77.4. The molecule has 24 aromatic rings. The Balaban J connectivity index is 0.000000101. The van der Waals surface area contributed by atoms with Crippen molar-refractivity contribution < 1.29 is 4.42 Å². The molecule has 10 nitrogen and oxygen atoms in total. The zero-order chi connectivity index (χ0) is 89.6. The standard InChI is InChI=1S/C41H27N3O.2C41H27N3S/c1-41(2)33-17-15-27(21-31(33)38-34(41)18-16-29-28-12-6-7-14-36(28)45-39(29)38)44-35-13-8-11-25-19-26(24-9-4-3-5-10-24)20-30(37(25)35)32-22-42-23-43-40(32)44;1-41(2)30-21-19-25(23-29(30)36-31(41)22-20-27-26-13-7-9-18-35(26)45-39(27)36)44-33-16-8-6-14-28(33)38-37-32(15-10-17-34(37)44)42-40(43-38)24-11-4-3-5-12-24;1-41(2)32-18-16-26(22-31(32)37-33(41)19-17-29-28-13-7-9-15-36(28)45-39(29)37)44-35-14-8-6-12-27(35)30-20-25(24-10-4-3-5-11-24)21-34-38(30)40(44)43-23-42-34/h3*3-23H,1-2H3. The normalized spacial score (nSPS) is 14.1. The molecule has 6 aromatic heterocycles. The number of nitrogens with zero attached hydrogens (tertiary/aromatic N) is 9. The first-order valence-electron chi connectivity index (χ1n) is 46.2. The van der Waals surface area contributed by atoms with Gasteiger partial charge in [0.2, 0.25) is 0 Å². The lowest BCUT2D eigenvalue weighted by Gasteiger charge is -2.33. The number of hydrogen-bond acceptors (Lipinski definition) is 12. The van der Waals surface area contributed by atoms with E-state index in [2.05, 4.69) is 401 Å². The van der Waals surface area contributed by atoms with Crippen molar-refractivity contribution in [3.05, 3.63) is 416 Å². The number of para-hydroxylation sites is 3. The molecule has 0 amide bonds. The van der Waals surface area contributed by atoms with Crippen LogP contribution in [0.25, 0.3) is 195 Å². The molecular formula is C123H81N9OS2. The van der Waals surface area contributed by atoms with E-state index < -0.39 is 0 Å². The van der Waals surface area contributed by atoms with E-state index in [-0.39, 0.29) is 16.2 Å². The number of benzene rings is 18. The monoisotopic (exact) mass is 1760 g/mol. The van der Waals surface area contributed by atoms with E-state index in [1.54, 1.807) is 12.7 Å². The third-order valence-corrected chi connectivity index (χ3v) is 32.0. The van der Waals surface area contributed by atoms with Crippen LogP contribution in [-0.4, -0.2) is 29.9 Å². The highest BCUT2D eigenvalue weighted by atomic mass is 32.1. The molecule has 30 rings (SSSR count). The molecule has 9 heterocycles. The van der Waals surface area contributed by atoms with E-state index in [0.717, 1.165) is 135 Å². The van der Waals surface area contributed by atoms with Gasteiger partial charge in [-0.15, -0.1) is 22.7 Å². The van der Waals surface area contributed by atoms with Crippen LogP contribution in [-0.2, 0) is 16.2 Å². The van der Waals surface area contributed by atoms with Gasteiger partial charge in [0, 0.05) is 135 Å². The number of fused-ring (bicyclic) bond motifs is 27. The Morgan fingerprint density at radius 2 is 0.756 bits per heavy atom. The Bertz CT molecular complexity index is 8430. The van der Waals surface area contributed by atoms with Crippen molar-refractivity contribution in [1.29, 1.82) is 0 Å². The van der Waals surface area contributed by atoms with Crippen molar-refractivity contribution in [2.75, 3.05) is 14.7 Å². The van der Waals surface area contributed by atoms with E-state index in [0.29, 0.717) is 0 Å². The summed E-state index contributed by atoms with van der Waals surface area (Å²) in [5.41, 5.74) is 39.7. The van der Waals surface area contributed by atoms with Crippen LogP contribution in [0.4, 0.5) is 51.4 Å². The summed E-state index contributed by atoms with van der Waals surface area (Å²) >= 11 is 3.83. The number of anilines is 9. The average molecular weight is 1770 g/mol. The number of aromatic nitrogens is 6. The molecule has 0 atom stereocenters. The zero-order valence-corrected chi connectivity index (χ0v) is 76.3. The summed E-state index contributed by atoms with van der Waals surface area (Å²) in [6, 6.07) is 132. The van der Waals surface area contributed by atoms with Gasteiger partial charge in [-0.2, -0.15) is 0 Å². The van der Waals surface area contributed by atoms with Crippen LogP contribution < -0.4 is 14.7 Å². The van der Waals surface area contributed by atoms with Crippen molar-refractivity contribution in [2.45, 2.75) is 57.8 Å². The predicted molar refractivity (Wildman–Crippen MR) is 562 cm³/mol. The molecule has 636 valence electrons. The molecule has 0 bridgehead atoms. The summed E-state index contributed by atoms with van der Waals surface area (Å²) < 4.78 is 12.0. The molecule has 0 N–H and O–H groups in total. The van der Waals surface area contributed by atoms with Crippen molar-refractivity contribution in [3.8, 4) is 101 Å². The van der Waals surface area contributed by atoms with Gasteiger partial charge in [0.05, 0.1) is 50.2 Å². The molecule has 0 spiro atoms. The summed E-state index contributed by atoms with van der Waals surface area (Å²) in [7, 11) is 0. The first-order valence-corrected chi connectivity index (χ1v) is 47.9. The second kappa shape index (κ2) is 28.8. The smallest absolute Gasteiger partial charge is 0.160 e. The minimum Gasteiger partial charge on any atom is -0.455 e. The molecule has 18 aromatic carbocycles. The Morgan fingerprint density at radius 1 is 0.281 bits per heavy atom. The Morgan fingerprint density at radius 3 is 1.39 bits per heavy atom. The van der Waals surface area contributed by atoms with Crippen LogP contribution in [0.15, 0.2) is 387 Å². The molecule has 3 aliphatic heterocycles. The van der Waals surface area contributed by atoms with Crippen molar-refractivity contribution >= 4 is 169 Å². The molecule has 0 fully saturated rings. The van der Waals surface area contributed by atoms with Crippen LogP contribution in [0.5, 0.6) is 0 Å². The lowest BCUT2D eigenvalue weighted by molar-refractivity contribution is 0.653. The molecule has 3 aliphatic carbocycles. The van der Waals surface area contributed by atoms with E-state index in [9.17, 15) is 0 Å². The molecule has 0 saturated heterocycles. The maximum absolute atomic E-state index is 6.59. The summed E-state index contributed by atoms with van der Waals surface area (Å²) in [5.74, 6) is 2.56. The van der Waals surface area contributed by atoms with Gasteiger partial charge >= 0.3 is 0 Å². The second-order valence-corrected chi connectivity index (χ2v) is 40.0. The SMILES string of the molecule is CC1(C)c2ccc(N3c4ccccc4-c4cc(-c5ccccc5)cc5ncnc3c45)cc2-c2c1ccc1c2sc2ccccc21.CC1(C)c2ccc(N3c4ccccc4-c4nc(-c5ccccc5)nc5cccc3c45)cc2-c2c1ccc1c2sc2ccccc21.CC1(C)c2ccc(N3c4ncncc4-c4cc(-c5ccccc5)cc5cccc3c45)cc2-c2c1ccc1c2oc2ccccc21. The molecule has 0 radical (unpaired) electrons. The van der Waals surface area contributed by atoms with Gasteiger partial charge < -0.3 is 9.32 Å². The number of rotatable bonds is 6. The fourth-order valence-electron chi connectivity index (χ4n) is 23.3. The molecule has 12 heteroatoms. The third-order valence-electron chi connectivity index (χ3n) is 29.6. The first-order chi connectivity index (χ1) is 66.2. The van der Waals surface area contributed by atoms with Gasteiger partial charge in [0.1, 0.15) is 35.5 Å². The van der Waals surface area contributed by atoms with Crippen LogP contribution in [0.2, 0.25) is 0 Å². The van der Waals surface area contributed by atoms with Crippen LogP contribution >= 0.6 is 22.7 Å². The average Bonchev–Trinajstić information content (AvgIpc) is 1.68. The van der Waals surface area contributed by atoms with E-state index in [1.165, 1.54) is 146 Å². The topological polar surface area (TPSA) is 100 Å². The van der Waals surface area contributed by atoms with E-state index in [1.807, 2.05) is 53.1 Å². The van der Waals surface area contributed by atoms with Gasteiger partial charge in [-0.05, 0) is 198 Å². The highest BCUT2D eigenvalue weighted by Crippen LogP contribution is 2.63. The summed E-state index contributed by atoms with van der Waals surface area (Å²) in [5, 5.41) is 12.2. The van der Waals surface area contributed by atoms with E-state index >= 15 is 0 Å². The predicted octanol–water partition coefficient (Wildman–Crippen LogP) is 33.8. The molecule has 0 saturated carbocycles. The van der Waals surface area contributed by atoms with Crippen molar-refractivity contribution in [2.24, 2.45) is 0 Å².